The van der Waals surface area contributed by atoms with E-state index in [4.69, 9.17) is 0 Å². The Labute approximate surface area is 123 Å². The molecule has 0 spiro atoms. The minimum Gasteiger partial charge on any atom is -0.480 e. The fourth-order valence-corrected chi connectivity index (χ4v) is 3.09. The molecule has 1 saturated carbocycles. The van der Waals surface area contributed by atoms with E-state index in [1.54, 1.807) is 7.05 Å². The summed E-state index contributed by atoms with van der Waals surface area (Å²) < 4.78 is 1.91. The first kappa shape index (κ1) is 13.8. The number of nitrogens with one attached hydrogen (secondary N) is 1. The number of carbonyl (C=O) groups is 1. The molecule has 1 aliphatic carbocycles. The van der Waals surface area contributed by atoms with Crippen molar-refractivity contribution < 1.29 is 9.90 Å². The van der Waals surface area contributed by atoms with Gasteiger partial charge in [0.15, 0.2) is 0 Å². The fourth-order valence-electron chi connectivity index (χ4n) is 3.09. The van der Waals surface area contributed by atoms with Gasteiger partial charge in [0.2, 0.25) is 0 Å². The van der Waals surface area contributed by atoms with Gasteiger partial charge in [-0.3, -0.25) is 9.48 Å². The van der Waals surface area contributed by atoms with Crippen LogP contribution < -0.4 is 5.32 Å². The van der Waals surface area contributed by atoms with E-state index < -0.39 is 11.5 Å². The lowest BCUT2D eigenvalue weighted by Crippen LogP contribution is -2.48. The second-order valence-electron chi connectivity index (χ2n) is 5.61. The number of aromatic nitrogens is 2. The maximum Gasteiger partial charge on any atom is 0.323 e. The van der Waals surface area contributed by atoms with Gasteiger partial charge in [-0.1, -0.05) is 30.3 Å². The minimum atomic E-state index is -0.816. The SMILES string of the molecule is CNC1(C(=O)O)CCC(n2cc(-c3ccccc3)cn2)C1. The summed E-state index contributed by atoms with van der Waals surface area (Å²) in [6, 6.07) is 10.2. The average Bonchev–Trinajstić information content (AvgIpc) is 3.15. The van der Waals surface area contributed by atoms with Crippen molar-refractivity contribution in [2.24, 2.45) is 0 Å². The van der Waals surface area contributed by atoms with Crippen LogP contribution in [0, 0.1) is 0 Å². The van der Waals surface area contributed by atoms with E-state index in [9.17, 15) is 9.90 Å². The third kappa shape index (κ3) is 2.45. The van der Waals surface area contributed by atoms with Crippen LogP contribution in [0.1, 0.15) is 25.3 Å². The number of nitrogens with zero attached hydrogens (tertiary/aromatic N) is 2. The Morgan fingerprint density at radius 2 is 2.14 bits per heavy atom. The lowest BCUT2D eigenvalue weighted by molar-refractivity contribution is -0.144. The van der Waals surface area contributed by atoms with Crippen molar-refractivity contribution in [3.8, 4) is 11.1 Å². The molecule has 1 aromatic carbocycles. The summed E-state index contributed by atoms with van der Waals surface area (Å²) >= 11 is 0. The smallest absolute Gasteiger partial charge is 0.323 e. The number of rotatable bonds is 4. The van der Waals surface area contributed by atoms with E-state index >= 15 is 0 Å². The second kappa shape index (κ2) is 5.33. The molecule has 21 heavy (non-hydrogen) atoms. The molecule has 1 aromatic heterocycles. The molecule has 1 aliphatic rings. The molecule has 5 heteroatoms. The largest absolute Gasteiger partial charge is 0.480 e. The van der Waals surface area contributed by atoms with Crippen LogP contribution in [0.3, 0.4) is 0 Å². The topological polar surface area (TPSA) is 67.2 Å². The molecule has 0 bridgehead atoms. The van der Waals surface area contributed by atoms with Gasteiger partial charge in [-0.05, 0) is 31.9 Å². The van der Waals surface area contributed by atoms with Crippen molar-refractivity contribution in [1.82, 2.24) is 15.1 Å². The Morgan fingerprint density at radius 1 is 1.38 bits per heavy atom. The maximum absolute atomic E-state index is 11.5. The maximum atomic E-state index is 11.5. The Hall–Kier alpha value is -2.14. The van der Waals surface area contributed by atoms with Crippen LogP contribution in [-0.4, -0.2) is 33.4 Å². The van der Waals surface area contributed by atoms with Gasteiger partial charge in [-0.15, -0.1) is 0 Å². The van der Waals surface area contributed by atoms with Crippen LogP contribution in [0.2, 0.25) is 0 Å². The van der Waals surface area contributed by atoms with E-state index in [0.717, 1.165) is 17.5 Å². The van der Waals surface area contributed by atoms with Crippen LogP contribution in [0.4, 0.5) is 0 Å². The van der Waals surface area contributed by atoms with Gasteiger partial charge in [0, 0.05) is 11.8 Å². The molecule has 2 aromatic rings. The van der Waals surface area contributed by atoms with Gasteiger partial charge in [0.05, 0.1) is 12.2 Å². The summed E-state index contributed by atoms with van der Waals surface area (Å²) in [6.45, 7) is 0. The summed E-state index contributed by atoms with van der Waals surface area (Å²) in [7, 11) is 1.72. The molecule has 1 heterocycles. The summed E-state index contributed by atoms with van der Waals surface area (Å²) in [4.78, 5) is 11.5. The van der Waals surface area contributed by atoms with Gasteiger partial charge < -0.3 is 10.4 Å². The van der Waals surface area contributed by atoms with Gasteiger partial charge >= 0.3 is 5.97 Å². The molecular weight excluding hydrogens is 266 g/mol. The Morgan fingerprint density at radius 3 is 2.76 bits per heavy atom. The quantitative estimate of drug-likeness (QED) is 0.904. The summed E-state index contributed by atoms with van der Waals surface area (Å²) in [5.41, 5.74) is 1.37. The van der Waals surface area contributed by atoms with E-state index in [1.165, 1.54) is 0 Å². The second-order valence-corrected chi connectivity index (χ2v) is 5.61. The van der Waals surface area contributed by atoms with Crippen LogP contribution in [-0.2, 0) is 4.79 Å². The lowest BCUT2D eigenvalue weighted by Gasteiger charge is -2.23. The number of benzene rings is 1. The average molecular weight is 285 g/mol. The first-order valence-corrected chi connectivity index (χ1v) is 7.16. The number of carboxylic acids is 1. The first-order chi connectivity index (χ1) is 10.1. The molecule has 0 radical (unpaired) electrons. The highest BCUT2D eigenvalue weighted by Gasteiger charge is 2.45. The molecule has 2 unspecified atom stereocenters. The number of carboxylic acid groups (broad SMARTS) is 1. The Kier molecular flexibility index (Phi) is 3.51. The molecule has 1 fully saturated rings. The van der Waals surface area contributed by atoms with Gasteiger partial charge in [0.1, 0.15) is 5.54 Å². The predicted octanol–water partition coefficient (Wildman–Crippen LogP) is 2.32. The normalized spacial score (nSPS) is 25.1. The standard InChI is InChI=1S/C16H19N3O2/c1-17-16(15(20)21)8-7-14(9-16)19-11-13(10-18-19)12-5-3-2-4-6-12/h2-6,10-11,14,17H,7-9H2,1H3,(H,20,21). The molecule has 5 nitrogen and oxygen atoms in total. The number of hydrogen-bond donors (Lipinski definition) is 2. The van der Waals surface area contributed by atoms with E-state index in [-0.39, 0.29) is 6.04 Å². The van der Waals surface area contributed by atoms with E-state index in [1.807, 2.05) is 47.4 Å². The number of hydrogen-bond acceptors (Lipinski definition) is 3. The van der Waals surface area contributed by atoms with Crippen molar-refractivity contribution in [1.29, 1.82) is 0 Å². The minimum absolute atomic E-state index is 0.131. The summed E-state index contributed by atoms with van der Waals surface area (Å²) in [6.07, 6.45) is 5.87. The van der Waals surface area contributed by atoms with Crippen molar-refractivity contribution in [2.45, 2.75) is 30.8 Å². The first-order valence-electron chi connectivity index (χ1n) is 7.16. The molecular formula is C16H19N3O2. The lowest BCUT2D eigenvalue weighted by atomic mass is 9.98. The van der Waals surface area contributed by atoms with Crippen LogP contribution in [0.15, 0.2) is 42.7 Å². The van der Waals surface area contributed by atoms with Gasteiger partial charge in [0.25, 0.3) is 0 Å². The van der Waals surface area contributed by atoms with Crippen LogP contribution in [0.25, 0.3) is 11.1 Å². The van der Waals surface area contributed by atoms with E-state index in [0.29, 0.717) is 12.8 Å². The molecule has 2 N–H and O–H groups in total. The fraction of sp³-hybridized carbons (Fsp3) is 0.375. The number of likely N-dealkylation sites (N-methyl/N-ethyl adjacent to an activating group) is 1. The molecule has 2 atom stereocenters. The highest BCUT2D eigenvalue weighted by atomic mass is 16.4. The van der Waals surface area contributed by atoms with Crippen molar-refractivity contribution >= 4 is 5.97 Å². The zero-order valence-electron chi connectivity index (χ0n) is 12.0. The van der Waals surface area contributed by atoms with Crippen molar-refractivity contribution in [3.05, 3.63) is 42.7 Å². The molecule has 0 aliphatic heterocycles. The number of aliphatic carboxylic acids is 1. The van der Waals surface area contributed by atoms with Gasteiger partial charge in [-0.25, -0.2) is 0 Å². The Balaban J connectivity index is 1.81. The Bertz CT molecular complexity index is 638. The highest BCUT2D eigenvalue weighted by molar-refractivity contribution is 5.79. The van der Waals surface area contributed by atoms with Crippen LogP contribution in [0.5, 0.6) is 0 Å². The van der Waals surface area contributed by atoms with E-state index in [2.05, 4.69) is 10.4 Å². The molecule has 110 valence electrons. The molecule has 0 amide bonds. The third-order valence-electron chi connectivity index (χ3n) is 4.46. The summed E-state index contributed by atoms with van der Waals surface area (Å²) in [5, 5.41) is 16.8. The highest BCUT2D eigenvalue weighted by Crippen LogP contribution is 2.38. The monoisotopic (exact) mass is 285 g/mol. The van der Waals surface area contributed by atoms with Gasteiger partial charge in [-0.2, -0.15) is 5.10 Å². The van der Waals surface area contributed by atoms with Crippen molar-refractivity contribution in [3.63, 3.8) is 0 Å². The van der Waals surface area contributed by atoms with Crippen molar-refractivity contribution in [2.75, 3.05) is 7.05 Å². The summed E-state index contributed by atoms with van der Waals surface area (Å²) in [5.74, 6) is -0.775. The predicted molar refractivity (Wildman–Crippen MR) is 80.0 cm³/mol. The zero-order valence-corrected chi connectivity index (χ0v) is 12.0. The molecule has 3 rings (SSSR count). The molecule has 0 saturated heterocycles. The van der Waals surface area contributed by atoms with Crippen LogP contribution >= 0.6 is 0 Å². The third-order valence-corrected chi connectivity index (χ3v) is 4.46. The zero-order chi connectivity index (χ0) is 14.9.